The molecule has 1 aliphatic heterocycles. The van der Waals surface area contributed by atoms with Crippen molar-refractivity contribution >= 4 is 17.7 Å². The highest BCUT2D eigenvalue weighted by Crippen LogP contribution is 2.45. The number of dihydropyridines is 1. The number of benzene rings is 2. The van der Waals surface area contributed by atoms with Crippen LogP contribution in [-0.2, 0) is 23.9 Å². The Morgan fingerprint density at radius 2 is 1.69 bits per heavy atom. The Bertz CT molecular complexity index is 1190. The van der Waals surface area contributed by atoms with E-state index in [2.05, 4.69) is 5.32 Å². The summed E-state index contributed by atoms with van der Waals surface area (Å²) in [6, 6.07) is 17.9. The third-order valence-electron chi connectivity index (χ3n) is 6.75. The van der Waals surface area contributed by atoms with E-state index < -0.39 is 23.8 Å². The zero-order chi connectivity index (χ0) is 25.1. The lowest BCUT2D eigenvalue weighted by atomic mass is 9.69. The summed E-state index contributed by atoms with van der Waals surface area (Å²) in [5.41, 5.74) is 5.17. The van der Waals surface area contributed by atoms with Gasteiger partial charge in [0, 0.05) is 22.9 Å². The number of ketones is 1. The number of carbonyl (C=O) groups is 3. The minimum absolute atomic E-state index is 0.219. The number of nitrogens with one attached hydrogen (secondary N) is 1. The molecule has 0 amide bonds. The maximum absolute atomic E-state index is 13.8. The van der Waals surface area contributed by atoms with Crippen molar-refractivity contribution in [2.24, 2.45) is 11.8 Å². The van der Waals surface area contributed by atoms with Crippen molar-refractivity contribution in [3.63, 3.8) is 0 Å². The highest BCUT2D eigenvalue weighted by molar-refractivity contribution is 6.12. The summed E-state index contributed by atoms with van der Waals surface area (Å²) in [4.78, 5) is 39.5. The fourth-order valence-corrected chi connectivity index (χ4v) is 5.06. The molecule has 0 spiro atoms. The monoisotopic (exact) mass is 473 g/mol. The molecule has 0 saturated carbocycles. The van der Waals surface area contributed by atoms with Crippen LogP contribution in [0, 0.1) is 11.8 Å². The number of rotatable bonds is 6. The third kappa shape index (κ3) is 4.65. The first kappa shape index (κ1) is 24.5. The van der Waals surface area contributed by atoms with Gasteiger partial charge in [0.2, 0.25) is 0 Å². The van der Waals surface area contributed by atoms with Gasteiger partial charge in [0.05, 0.1) is 19.3 Å². The molecule has 182 valence electrons. The van der Waals surface area contributed by atoms with Gasteiger partial charge in [0.15, 0.2) is 5.78 Å². The second kappa shape index (κ2) is 10.3. The molecule has 1 N–H and O–H groups in total. The number of allylic oxidation sites excluding steroid dienone is 3. The number of hydrogen-bond donors (Lipinski definition) is 1. The van der Waals surface area contributed by atoms with E-state index in [1.807, 2.05) is 75.4 Å². The molecule has 3 atom stereocenters. The predicted molar refractivity (Wildman–Crippen MR) is 133 cm³/mol. The van der Waals surface area contributed by atoms with E-state index in [1.165, 1.54) is 7.11 Å². The van der Waals surface area contributed by atoms with Crippen molar-refractivity contribution in [3.05, 3.63) is 82.7 Å². The maximum atomic E-state index is 13.8. The molecule has 0 saturated heterocycles. The van der Waals surface area contributed by atoms with Crippen LogP contribution in [0.25, 0.3) is 11.1 Å². The van der Waals surface area contributed by atoms with E-state index in [0.29, 0.717) is 29.7 Å². The average molecular weight is 474 g/mol. The van der Waals surface area contributed by atoms with Gasteiger partial charge in [-0.25, -0.2) is 4.79 Å². The Morgan fingerprint density at radius 1 is 1.03 bits per heavy atom. The first-order valence-electron chi connectivity index (χ1n) is 12.0. The highest BCUT2D eigenvalue weighted by Gasteiger charge is 2.47. The molecule has 2 aromatic carbocycles. The smallest absolute Gasteiger partial charge is 0.336 e. The van der Waals surface area contributed by atoms with Crippen molar-refractivity contribution in [2.45, 2.75) is 39.5 Å². The van der Waals surface area contributed by atoms with Crippen LogP contribution in [-0.4, -0.2) is 31.4 Å². The van der Waals surface area contributed by atoms with Gasteiger partial charge in [-0.2, -0.15) is 0 Å². The maximum Gasteiger partial charge on any atom is 0.336 e. The molecule has 2 aromatic rings. The lowest BCUT2D eigenvalue weighted by Gasteiger charge is -2.38. The van der Waals surface area contributed by atoms with E-state index in [9.17, 15) is 14.4 Å². The van der Waals surface area contributed by atoms with Crippen LogP contribution in [0.15, 0.2) is 77.1 Å². The van der Waals surface area contributed by atoms with Crippen LogP contribution in [0.2, 0.25) is 0 Å². The van der Waals surface area contributed by atoms with E-state index >= 15 is 0 Å². The summed E-state index contributed by atoms with van der Waals surface area (Å²) >= 11 is 0. The minimum atomic E-state index is -0.905. The summed E-state index contributed by atoms with van der Waals surface area (Å²) in [5.74, 6) is -3.06. The summed E-state index contributed by atoms with van der Waals surface area (Å²) in [7, 11) is 1.29. The van der Waals surface area contributed by atoms with E-state index in [1.54, 1.807) is 0 Å². The number of carbonyl (C=O) groups excluding carboxylic acids is 3. The molecule has 0 fully saturated rings. The van der Waals surface area contributed by atoms with Gasteiger partial charge in [-0.3, -0.25) is 9.59 Å². The summed E-state index contributed by atoms with van der Waals surface area (Å²) in [5, 5.41) is 3.29. The van der Waals surface area contributed by atoms with Crippen LogP contribution >= 0.6 is 0 Å². The quantitative estimate of drug-likeness (QED) is 0.474. The lowest BCUT2D eigenvalue weighted by molar-refractivity contribution is -0.151. The zero-order valence-corrected chi connectivity index (χ0v) is 20.6. The number of hydrogen-bond acceptors (Lipinski definition) is 6. The van der Waals surface area contributed by atoms with Crippen LogP contribution in [0.3, 0.4) is 0 Å². The van der Waals surface area contributed by atoms with Gasteiger partial charge in [-0.1, -0.05) is 68.4 Å². The minimum Gasteiger partial charge on any atom is -0.468 e. The van der Waals surface area contributed by atoms with Crippen LogP contribution in [0.4, 0.5) is 0 Å². The molecule has 1 aliphatic carbocycles. The fourth-order valence-electron chi connectivity index (χ4n) is 5.06. The Kier molecular flexibility index (Phi) is 7.20. The Labute approximate surface area is 206 Å². The standard InChI is InChI=1S/C29H31NO5/c1-5-15-35-29(33)24-18(3)30-22-16-17(2)23(28(32)34-4)27(31)26(22)25(24)21-13-11-20(12-14-21)19-9-7-6-8-10-19/h6-14,17,23,25,30H,5,15-16H2,1-4H3/t17-,23+,25-/m0/s1. The van der Waals surface area contributed by atoms with Crippen molar-refractivity contribution in [2.75, 3.05) is 13.7 Å². The predicted octanol–water partition coefficient (Wildman–Crippen LogP) is 4.92. The molecular formula is C29H31NO5. The molecule has 4 rings (SSSR count). The summed E-state index contributed by atoms with van der Waals surface area (Å²) in [6.07, 6.45) is 1.20. The van der Waals surface area contributed by atoms with Crippen molar-refractivity contribution < 1.29 is 23.9 Å². The molecule has 35 heavy (non-hydrogen) atoms. The number of ether oxygens (including phenoxy) is 2. The third-order valence-corrected chi connectivity index (χ3v) is 6.75. The van der Waals surface area contributed by atoms with E-state index in [-0.39, 0.29) is 18.3 Å². The molecule has 2 aliphatic rings. The van der Waals surface area contributed by atoms with Crippen LogP contribution in [0.1, 0.15) is 45.1 Å². The van der Waals surface area contributed by atoms with Gasteiger partial charge < -0.3 is 14.8 Å². The molecule has 0 bridgehead atoms. The second-order valence-corrected chi connectivity index (χ2v) is 9.16. The largest absolute Gasteiger partial charge is 0.468 e. The molecule has 0 radical (unpaired) electrons. The number of methoxy groups -OCH3 is 1. The second-order valence-electron chi connectivity index (χ2n) is 9.16. The Balaban J connectivity index is 1.82. The molecule has 6 heteroatoms. The van der Waals surface area contributed by atoms with E-state index in [4.69, 9.17) is 9.47 Å². The lowest BCUT2D eigenvalue weighted by Crippen LogP contribution is -2.43. The zero-order valence-electron chi connectivity index (χ0n) is 20.6. The molecular weight excluding hydrogens is 442 g/mol. The fraction of sp³-hybridized carbons (Fsp3) is 0.345. The van der Waals surface area contributed by atoms with Gasteiger partial charge in [-0.05, 0) is 42.4 Å². The Hall–Kier alpha value is -3.67. The van der Waals surface area contributed by atoms with Gasteiger partial charge in [0.1, 0.15) is 5.92 Å². The van der Waals surface area contributed by atoms with Crippen molar-refractivity contribution in [1.29, 1.82) is 0 Å². The summed E-state index contributed by atoms with van der Waals surface area (Å²) in [6.45, 7) is 5.93. The molecule has 0 aromatic heterocycles. The molecule has 0 unspecified atom stereocenters. The summed E-state index contributed by atoms with van der Waals surface area (Å²) < 4.78 is 10.5. The van der Waals surface area contributed by atoms with Gasteiger partial charge >= 0.3 is 11.9 Å². The van der Waals surface area contributed by atoms with Crippen molar-refractivity contribution in [1.82, 2.24) is 5.32 Å². The topological polar surface area (TPSA) is 81.7 Å². The SMILES string of the molecule is CCCOC(=O)C1=C(C)NC2=C(C(=O)[C@H](C(=O)OC)[C@@H](C)C2)[C@H]1c1ccc(-c2ccccc2)cc1. The van der Waals surface area contributed by atoms with Crippen LogP contribution < -0.4 is 5.32 Å². The van der Waals surface area contributed by atoms with Crippen molar-refractivity contribution in [3.8, 4) is 11.1 Å². The van der Waals surface area contributed by atoms with Gasteiger partial charge in [-0.15, -0.1) is 0 Å². The van der Waals surface area contributed by atoms with Gasteiger partial charge in [0.25, 0.3) is 0 Å². The van der Waals surface area contributed by atoms with Crippen LogP contribution in [0.5, 0.6) is 0 Å². The number of Topliss-reactive ketones (excluding diaryl/α,β-unsaturated/α-hetero) is 1. The molecule has 6 nitrogen and oxygen atoms in total. The first-order valence-corrected chi connectivity index (χ1v) is 12.0. The highest BCUT2D eigenvalue weighted by atomic mass is 16.5. The Morgan fingerprint density at radius 3 is 2.31 bits per heavy atom. The first-order chi connectivity index (χ1) is 16.9. The molecule has 1 heterocycles. The number of esters is 2. The van der Waals surface area contributed by atoms with E-state index in [0.717, 1.165) is 22.4 Å². The average Bonchev–Trinajstić information content (AvgIpc) is 2.86. The normalized spacial score (nSPS) is 21.8.